The van der Waals surface area contributed by atoms with Crippen molar-refractivity contribution in [2.24, 2.45) is 0 Å². The lowest BCUT2D eigenvalue weighted by Crippen LogP contribution is -2.40. The molecule has 7 nitrogen and oxygen atoms in total. The van der Waals surface area contributed by atoms with Crippen LogP contribution in [0.1, 0.15) is 30.0 Å². The van der Waals surface area contributed by atoms with Crippen LogP contribution in [0.4, 0.5) is 0 Å². The predicted molar refractivity (Wildman–Crippen MR) is 122 cm³/mol. The molecule has 170 valence electrons. The quantitative estimate of drug-likeness (QED) is 0.625. The summed E-state index contributed by atoms with van der Waals surface area (Å²) in [5, 5.41) is 0. The lowest BCUT2D eigenvalue weighted by molar-refractivity contribution is -0.126. The van der Waals surface area contributed by atoms with Crippen molar-refractivity contribution in [2.75, 3.05) is 40.0 Å². The van der Waals surface area contributed by atoms with Crippen LogP contribution < -0.4 is 4.74 Å². The first-order valence-electron chi connectivity index (χ1n) is 10.8. The van der Waals surface area contributed by atoms with E-state index in [2.05, 4.69) is 0 Å². The van der Waals surface area contributed by atoms with Crippen LogP contribution in [0.2, 0.25) is 0 Å². The Morgan fingerprint density at radius 3 is 2.38 bits per heavy atom. The number of ether oxygens (including phenoxy) is 2. The Morgan fingerprint density at radius 1 is 1.03 bits per heavy atom. The van der Waals surface area contributed by atoms with Gasteiger partial charge in [0.1, 0.15) is 5.75 Å². The van der Waals surface area contributed by atoms with Crippen molar-refractivity contribution in [3.63, 3.8) is 0 Å². The van der Waals surface area contributed by atoms with E-state index in [4.69, 9.17) is 9.47 Å². The number of hydrogen-bond donors (Lipinski definition) is 0. The zero-order valence-corrected chi connectivity index (χ0v) is 19.0. The molecule has 1 amide bonds. The van der Waals surface area contributed by atoms with Gasteiger partial charge in [-0.2, -0.15) is 4.31 Å². The molecule has 4 rings (SSSR count). The van der Waals surface area contributed by atoms with E-state index in [0.717, 1.165) is 36.3 Å². The van der Waals surface area contributed by atoms with Crippen molar-refractivity contribution >= 4 is 22.0 Å². The van der Waals surface area contributed by atoms with Gasteiger partial charge in [-0.05, 0) is 54.3 Å². The smallest absolute Gasteiger partial charge is 0.247 e. The number of amides is 1. The molecule has 2 fully saturated rings. The number of carbonyl (C=O) groups excluding carboxylic acids is 1. The fraction of sp³-hybridized carbons (Fsp3) is 0.375. The molecule has 0 saturated carbocycles. The van der Waals surface area contributed by atoms with Gasteiger partial charge < -0.3 is 14.4 Å². The van der Waals surface area contributed by atoms with Gasteiger partial charge in [0.2, 0.25) is 15.9 Å². The van der Waals surface area contributed by atoms with Crippen LogP contribution in [0.25, 0.3) is 6.08 Å². The Kier molecular flexibility index (Phi) is 6.93. The lowest BCUT2D eigenvalue weighted by Gasteiger charge is -2.26. The molecule has 8 heteroatoms. The molecular formula is C24H28N2O5S. The maximum atomic E-state index is 12.9. The van der Waals surface area contributed by atoms with Crippen molar-refractivity contribution in [3.8, 4) is 5.75 Å². The summed E-state index contributed by atoms with van der Waals surface area (Å²) < 4.78 is 37.4. The van der Waals surface area contributed by atoms with Crippen molar-refractivity contribution in [1.82, 2.24) is 9.21 Å². The van der Waals surface area contributed by atoms with Crippen LogP contribution in [-0.2, 0) is 19.6 Å². The van der Waals surface area contributed by atoms with E-state index in [-0.39, 0.29) is 16.8 Å². The van der Waals surface area contributed by atoms with Gasteiger partial charge >= 0.3 is 0 Å². The Balaban J connectivity index is 1.42. The van der Waals surface area contributed by atoms with E-state index in [9.17, 15) is 13.2 Å². The fourth-order valence-electron chi connectivity index (χ4n) is 4.15. The molecule has 0 aliphatic carbocycles. The number of likely N-dealkylation sites (tertiary alicyclic amines) is 1. The molecule has 1 atom stereocenters. The molecule has 0 N–H and O–H groups in total. The van der Waals surface area contributed by atoms with Gasteiger partial charge in [-0.15, -0.1) is 0 Å². The molecule has 0 bridgehead atoms. The summed E-state index contributed by atoms with van der Waals surface area (Å²) in [5.41, 5.74) is 1.88. The Hall–Kier alpha value is -2.68. The SMILES string of the molecule is COc1ccc(C2CCCN2C(=O)/C=C/c2ccc(S(=O)(=O)N3CCOCC3)cc2)cc1. The molecule has 1 unspecified atom stereocenters. The minimum Gasteiger partial charge on any atom is -0.497 e. The van der Waals surface area contributed by atoms with E-state index in [1.54, 1.807) is 43.5 Å². The van der Waals surface area contributed by atoms with Gasteiger partial charge in [0.05, 0.1) is 31.3 Å². The standard InChI is InChI=1S/C24H28N2O5S/c1-30-21-9-7-20(8-10-21)23-3-2-14-26(23)24(27)13-6-19-4-11-22(12-5-19)32(28,29)25-15-17-31-18-16-25/h4-13,23H,2-3,14-18H2,1H3/b13-6+. The highest BCUT2D eigenvalue weighted by Crippen LogP contribution is 2.33. The highest BCUT2D eigenvalue weighted by atomic mass is 32.2. The summed E-state index contributed by atoms with van der Waals surface area (Å²) in [6.45, 7) is 2.27. The normalized spacial score (nSPS) is 20.0. The number of benzene rings is 2. The average Bonchev–Trinajstić information content (AvgIpc) is 3.33. The summed E-state index contributed by atoms with van der Waals surface area (Å²) in [4.78, 5) is 15.0. The van der Waals surface area contributed by atoms with Gasteiger partial charge in [0, 0.05) is 25.7 Å². The minimum absolute atomic E-state index is 0.0478. The summed E-state index contributed by atoms with van der Waals surface area (Å²) in [6.07, 6.45) is 5.19. The van der Waals surface area contributed by atoms with E-state index >= 15 is 0 Å². The predicted octanol–water partition coefficient (Wildman–Crippen LogP) is 3.09. The van der Waals surface area contributed by atoms with Gasteiger partial charge in [-0.3, -0.25) is 4.79 Å². The van der Waals surface area contributed by atoms with Gasteiger partial charge in [0.25, 0.3) is 0 Å². The summed E-state index contributed by atoms with van der Waals surface area (Å²) in [6, 6.07) is 14.5. The Morgan fingerprint density at radius 2 is 1.72 bits per heavy atom. The summed E-state index contributed by atoms with van der Waals surface area (Å²) in [5.74, 6) is 0.747. The molecule has 0 radical (unpaired) electrons. The largest absolute Gasteiger partial charge is 0.497 e. The highest BCUT2D eigenvalue weighted by molar-refractivity contribution is 7.89. The average molecular weight is 457 g/mol. The van der Waals surface area contributed by atoms with Crippen molar-refractivity contribution in [2.45, 2.75) is 23.8 Å². The number of methoxy groups -OCH3 is 1. The van der Waals surface area contributed by atoms with Crippen LogP contribution in [0.15, 0.2) is 59.5 Å². The third-order valence-corrected chi connectivity index (χ3v) is 7.86. The van der Waals surface area contributed by atoms with Crippen LogP contribution in [-0.4, -0.2) is 63.5 Å². The van der Waals surface area contributed by atoms with Gasteiger partial charge in [-0.25, -0.2) is 8.42 Å². The number of nitrogens with zero attached hydrogens (tertiary/aromatic N) is 2. The summed E-state index contributed by atoms with van der Waals surface area (Å²) >= 11 is 0. The number of morpholine rings is 1. The van der Waals surface area contributed by atoms with Crippen LogP contribution in [0.5, 0.6) is 5.75 Å². The van der Waals surface area contributed by atoms with Crippen molar-refractivity contribution in [1.29, 1.82) is 0 Å². The van der Waals surface area contributed by atoms with Gasteiger partial charge in [0.15, 0.2) is 0 Å². The maximum absolute atomic E-state index is 12.9. The highest BCUT2D eigenvalue weighted by Gasteiger charge is 2.29. The number of rotatable bonds is 6. The van der Waals surface area contributed by atoms with Crippen LogP contribution in [0.3, 0.4) is 0 Å². The maximum Gasteiger partial charge on any atom is 0.247 e. The molecule has 2 aliphatic heterocycles. The fourth-order valence-corrected chi connectivity index (χ4v) is 5.56. The molecule has 2 aromatic carbocycles. The van der Waals surface area contributed by atoms with E-state index in [1.165, 1.54) is 4.31 Å². The summed E-state index contributed by atoms with van der Waals surface area (Å²) in [7, 11) is -1.89. The second-order valence-corrected chi connectivity index (χ2v) is 9.82. The topological polar surface area (TPSA) is 76.2 Å². The van der Waals surface area contributed by atoms with E-state index < -0.39 is 10.0 Å². The van der Waals surface area contributed by atoms with E-state index in [1.807, 2.05) is 29.2 Å². The molecule has 2 aliphatic rings. The third-order valence-electron chi connectivity index (χ3n) is 5.94. The third kappa shape index (κ3) is 4.87. The molecular weight excluding hydrogens is 428 g/mol. The minimum atomic E-state index is -3.52. The number of hydrogen-bond acceptors (Lipinski definition) is 5. The second-order valence-electron chi connectivity index (χ2n) is 7.88. The van der Waals surface area contributed by atoms with Crippen molar-refractivity contribution in [3.05, 3.63) is 65.7 Å². The second kappa shape index (κ2) is 9.85. The molecule has 0 spiro atoms. The number of sulfonamides is 1. The molecule has 2 aromatic rings. The number of carbonyl (C=O) groups is 1. The monoisotopic (exact) mass is 456 g/mol. The van der Waals surface area contributed by atoms with Gasteiger partial charge in [-0.1, -0.05) is 24.3 Å². The molecule has 32 heavy (non-hydrogen) atoms. The van der Waals surface area contributed by atoms with E-state index in [0.29, 0.717) is 26.3 Å². The van der Waals surface area contributed by atoms with Crippen molar-refractivity contribution < 1.29 is 22.7 Å². The zero-order chi connectivity index (χ0) is 22.6. The first-order chi connectivity index (χ1) is 15.5. The molecule has 2 heterocycles. The molecule has 0 aromatic heterocycles. The zero-order valence-electron chi connectivity index (χ0n) is 18.1. The van der Waals surface area contributed by atoms with Crippen LogP contribution >= 0.6 is 0 Å². The first kappa shape index (κ1) is 22.5. The lowest BCUT2D eigenvalue weighted by atomic mass is 10.0. The Bertz CT molecular complexity index is 1060. The Labute approximate surface area is 189 Å². The first-order valence-corrected chi connectivity index (χ1v) is 12.2. The molecule has 2 saturated heterocycles. The van der Waals surface area contributed by atoms with Crippen LogP contribution in [0, 0.1) is 0 Å².